The number of hydrogen-bond donors (Lipinski definition) is 1. The van der Waals surface area contributed by atoms with Crippen LogP contribution in [0.5, 0.6) is 0 Å². The molecule has 1 aromatic rings. The summed E-state index contributed by atoms with van der Waals surface area (Å²) in [5.74, 6) is 0.854. The molecular weight excluding hydrogens is 208 g/mol. The summed E-state index contributed by atoms with van der Waals surface area (Å²) in [6.07, 6.45) is 3.96. The molecule has 2 heteroatoms. The van der Waals surface area contributed by atoms with Crippen LogP contribution in [0.3, 0.4) is 0 Å². The number of nitrogens with one attached hydrogen (secondary N) is 1. The molecule has 1 heterocycles. The summed E-state index contributed by atoms with van der Waals surface area (Å²) < 4.78 is 0. The standard InChI is InChI=1S/C15H22N2/c1-16-10-12-8-9-17(11-12)15-7-6-13-4-2-3-5-14(13)15/h2-5,12,15-16H,6-11H2,1H3. The van der Waals surface area contributed by atoms with Crippen molar-refractivity contribution in [2.24, 2.45) is 5.92 Å². The lowest BCUT2D eigenvalue weighted by Crippen LogP contribution is -2.27. The van der Waals surface area contributed by atoms with Gasteiger partial charge in [-0.05, 0) is 56.4 Å². The molecule has 0 spiro atoms. The van der Waals surface area contributed by atoms with E-state index >= 15 is 0 Å². The summed E-state index contributed by atoms with van der Waals surface area (Å²) >= 11 is 0. The van der Waals surface area contributed by atoms with Gasteiger partial charge in [0.25, 0.3) is 0 Å². The minimum Gasteiger partial charge on any atom is -0.319 e. The van der Waals surface area contributed by atoms with Gasteiger partial charge in [-0.15, -0.1) is 0 Å². The SMILES string of the molecule is CNCC1CCN(C2CCc3ccccc32)C1. The van der Waals surface area contributed by atoms with E-state index in [1.54, 1.807) is 11.1 Å². The molecule has 1 saturated heterocycles. The zero-order chi connectivity index (χ0) is 11.7. The average Bonchev–Trinajstić information content (AvgIpc) is 2.95. The first-order valence-corrected chi connectivity index (χ1v) is 6.85. The minimum absolute atomic E-state index is 0.702. The maximum Gasteiger partial charge on any atom is 0.0354 e. The lowest BCUT2D eigenvalue weighted by atomic mass is 10.1. The normalized spacial score (nSPS) is 28.5. The Morgan fingerprint density at radius 2 is 2.18 bits per heavy atom. The Labute approximate surface area is 104 Å². The van der Waals surface area contributed by atoms with Gasteiger partial charge in [-0.1, -0.05) is 24.3 Å². The van der Waals surface area contributed by atoms with Gasteiger partial charge in [-0.25, -0.2) is 0 Å². The summed E-state index contributed by atoms with van der Waals surface area (Å²) in [6.45, 7) is 3.73. The number of hydrogen-bond acceptors (Lipinski definition) is 2. The Morgan fingerprint density at radius 3 is 3.06 bits per heavy atom. The number of likely N-dealkylation sites (tertiary alicyclic amines) is 1. The van der Waals surface area contributed by atoms with E-state index in [1.807, 2.05) is 0 Å². The van der Waals surface area contributed by atoms with Crippen molar-refractivity contribution >= 4 is 0 Å². The van der Waals surface area contributed by atoms with Gasteiger partial charge in [0.1, 0.15) is 0 Å². The van der Waals surface area contributed by atoms with E-state index in [0.717, 1.165) is 5.92 Å². The highest BCUT2D eigenvalue weighted by atomic mass is 15.2. The van der Waals surface area contributed by atoms with Crippen molar-refractivity contribution in [2.75, 3.05) is 26.7 Å². The number of benzene rings is 1. The molecule has 0 radical (unpaired) electrons. The van der Waals surface area contributed by atoms with Crippen LogP contribution in [0.2, 0.25) is 0 Å². The van der Waals surface area contributed by atoms with Crippen LogP contribution in [0, 0.1) is 5.92 Å². The Kier molecular flexibility index (Phi) is 3.17. The Bertz CT molecular complexity index is 388. The molecule has 1 aliphatic heterocycles. The maximum absolute atomic E-state index is 3.31. The second-order valence-corrected chi connectivity index (χ2v) is 5.46. The fourth-order valence-electron chi connectivity index (χ4n) is 3.51. The number of rotatable bonds is 3. The van der Waals surface area contributed by atoms with Gasteiger partial charge in [-0.3, -0.25) is 4.90 Å². The third kappa shape index (κ3) is 2.12. The summed E-state index contributed by atoms with van der Waals surface area (Å²) in [5, 5.41) is 3.31. The fourth-order valence-corrected chi connectivity index (χ4v) is 3.51. The van der Waals surface area contributed by atoms with E-state index in [9.17, 15) is 0 Å². The molecule has 92 valence electrons. The quantitative estimate of drug-likeness (QED) is 0.856. The second-order valence-electron chi connectivity index (χ2n) is 5.46. The smallest absolute Gasteiger partial charge is 0.0354 e. The predicted molar refractivity (Wildman–Crippen MR) is 71.1 cm³/mol. The second kappa shape index (κ2) is 4.79. The topological polar surface area (TPSA) is 15.3 Å². The number of aryl methyl sites for hydroxylation is 1. The van der Waals surface area contributed by atoms with E-state index in [4.69, 9.17) is 0 Å². The van der Waals surface area contributed by atoms with Gasteiger partial charge in [0.05, 0.1) is 0 Å². The first kappa shape index (κ1) is 11.2. The molecule has 1 aliphatic carbocycles. The van der Waals surface area contributed by atoms with Crippen LogP contribution in [0.25, 0.3) is 0 Å². The highest BCUT2D eigenvalue weighted by Gasteiger charge is 2.32. The Hall–Kier alpha value is -0.860. The molecule has 1 aromatic carbocycles. The molecule has 2 atom stereocenters. The molecule has 2 nitrogen and oxygen atoms in total. The van der Waals surface area contributed by atoms with Gasteiger partial charge >= 0.3 is 0 Å². The summed E-state index contributed by atoms with van der Waals surface area (Å²) in [7, 11) is 2.06. The Morgan fingerprint density at radius 1 is 1.29 bits per heavy atom. The van der Waals surface area contributed by atoms with Crippen LogP contribution in [-0.2, 0) is 6.42 Å². The van der Waals surface area contributed by atoms with Gasteiger partial charge in [0.15, 0.2) is 0 Å². The molecule has 2 unspecified atom stereocenters. The lowest BCUT2D eigenvalue weighted by Gasteiger charge is -2.24. The monoisotopic (exact) mass is 230 g/mol. The number of fused-ring (bicyclic) bond motifs is 1. The van der Waals surface area contributed by atoms with E-state index in [-0.39, 0.29) is 0 Å². The summed E-state index contributed by atoms with van der Waals surface area (Å²) in [5.41, 5.74) is 3.17. The molecule has 3 rings (SSSR count). The molecule has 0 bridgehead atoms. The molecule has 1 fully saturated rings. The van der Waals surface area contributed by atoms with Crippen LogP contribution < -0.4 is 5.32 Å². The van der Waals surface area contributed by atoms with Crippen LogP contribution in [0.4, 0.5) is 0 Å². The van der Waals surface area contributed by atoms with Crippen molar-refractivity contribution in [1.29, 1.82) is 0 Å². The minimum atomic E-state index is 0.702. The van der Waals surface area contributed by atoms with Crippen molar-refractivity contribution in [1.82, 2.24) is 10.2 Å². The summed E-state index contributed by atoms with van der Waals surface area (Å²) in [6, 6.07) is 9.70. The van der Waals surface area contributed by atoms with Crippen molar-refractivity contribution in [3.8, 4) is 0 Å². The van der Waals surface area contributed by atoms with Crippen molar-refractivity contribution in [3.63, 3.8) is 0 Å². The van der Waals surface area contributed by atoms with Gasteiger partial charge in [-0.2, -0.15) is 0 Å². The van der Waals surface area contributed by atoms with Gasteiger partial charge < -0.3 is 5.32 Å². The van der Waals surface area contributed by atoms with Crippen molar-refractivity contribution in [2.45, 2.75) is 25.3 Å². The zero-order valence-electron chi connectivity index (χ0n) is 10.7. The molecular formula is C15H22N2. The van der Waals surface area contributed by atoms with E-state index in [2.05, 4.69) is 41.5 Å². The van der Waals surface area contributed by atoms with Crippen LogP contribution in [0.15, 0.2) is 24.3 Å². The van der Waals surface area contributed by atoms with E-state index < -0.39 is 0 Å². The summed E-state index contributed by atoms with van der Waals surface area (Å²) in [4.78, 5) is 2.70. The molecule has 0 saturated carbocycles. The molecule has 17 heavy (non-hydrogen) atoms. The highest BCUT2D eigenvalue weighted by molar-refractivity contribution is 5.34. The Balaban J connectivity index is 1.71. The predicted octanol–water partition coefficient (Wildman–Crippen LogP) is 2.22. The first-order valence-electron chi connectivity index (χ1n) is 6.85. The fraction of sp³-hybridized carbons (Fsp3) is 0.600. The average molecular weight is 230 g/mol. The zero-order valence-corrected chi connectivity index (χ0v) is 10.7. The van der Waals surface area contributed by atoms with E-state index in [0.29, 0.717) is 6.04 Å². The molecule has 0 aromatic heterocycles. The molecule has 1 N–H and O–H groups in total. The van der Waals surface area contributed by atoms with Crippen molar-refractivity contribution < 1.29 is 0 Å². The lowest BCUT2D eigenvalue weighted by molar-refractivity contribution is 0.235. The van der Waals surface area contributed by atoms with E-state index in [1.165, 1.54) is 38.9 Å². The third-order valence-corrected chi connectivity index (χ3v) is 4.35. The molecule has 2 aliphatic rings. The largest absolute Gasteiger partial charge is 0.319 e. The maximum atomic E-state index is 3.31. The van der Waals surface area contributed by atoms with Gasteiger partial charge in [0, 0.05) is 12.6 Å². The van der Waals surface area contributed by atoms with Crippen LogP contribution >= 0.6 is 0 Å². The van der Waals surface area contributed by atoms with Crippen LogP contribution in [-0.4, -0.2) is 31.6 Å². The van der Waals surface area contributed by atoms with Crippen LogP contribution in [0.1, 0.15) is 30.0 Å². The van der Waals surface area contributed by atoms with Crippen molar-refractivity contribution in [3.05, 3.63) is 35.4 Å². The highest BCUT2D eigenvalue weighted by Crippen LogP contribution is 2.37. The third-order valence-electron chi connectivity index (χ3n) is 4.35. The molecule has 0 amide bonds. The van der Waals surface area contributed by atoms with Gasteiger partial charge in [0.2, 0.25) is 0 Å². The number of nitrogens with zero attached hydrogens (tertiary/aromatic N) is 1. The first-order chi connectivity index (χ1) is 8.38.